The van der Waals surface area contributed by atoms with E-state index >= 15 is 0 Å². The SMILES string of the molecule is NCCCc1ccc(S(=O)(=O)Nc2ccccc2I)cc1. The van der Waals surface area contributed by atoms with Gasteiger partial charge in [-0.25, -0.2) is 8.42 Å². The molecule has 0 spiro atoms. The Morgan fingerprint density at radius 1 is 1.05 bits per heavy atom. The third-order valence-corrected chi connectivity index (χ3v) is 5.34. The molecule has 0 fully saturated rings. The number of para-hydroxylation sites is 1. The Bertz CT molecular complexity index is 700. The van der Waals surface area contributed by atoms with Crippen molar-refractivity contribution < 1.29 is 8.42 Å². The predicted molar refractivity (Wildman–Crippen MR) is 93.8 cm³/mol. The molecule has 0 aromatic heterocycles. The molecular formula is C15H17IN2O2S. The molecule has 2 aromatic rings. The third kappa shape index (κ3) is 4.42. The molecule has 2 rings (SSSR count). The fourth-order valence-electron chi connectivity index (χ4n) is 1.89. The predicted octanol–water partition coefficient (Wildman–Crippen LogP) is 2.98. The molecule has 0 aliphatic heterocycles. The third-order valence-electron chi connectivity index (χ3n) is 3.02. The number of benzene rings is 2. The smallest absolute Gasteiger partial charge is 0.261 e. The minimum absolute atomic E-state index is 0.263. The summed E-state index contributed by atoms with van der Waals surface area (Å²) < 4.78 is 28.2. The number of nitrogens with one attached hydrogen (secondary N) is 1. The summed E-state index contributed by atoms with van der Waals surface area (Å²) in [6.07, 6.45) is 1.76. The monoisotopic (exact) mass is 416 g/mol. The molecule has 0 saturated heterocycles. The van der Waals surface area contributed by atoms with E-state index in [4.69, 9.17) is 5.73 Å². The maximum atomic E-state index is 12.3. The molecule has 0 atom stereocenters. The van der Waals surface area contributed by atoms with Gasteiger partial charge in [0.1, 0.15) is 0 Å². The molecule has 21 heavy (non-hydrogen) atoms. The Kier molecular flexibility index (Phi) is 5.60. The zero-order chi connectivity index (χ0) is 15.3. The van der Waals surface area contributed by atoms with Crippen molar-refractivity contribution in [2.75, 3.05) is 11.3 Å². The van der Waals surface area contributed by atoms with Crippen molar-refractivity contribution in [1.29, 1.82) is 0 Å². The van der Waals surface area contributed by atoms with Crippen molar-refractivity contribution in [3.63, 3.8) is 0 Å². The van der Waals surface area contributed by atoms with Crippen LogP contribution in [0.3, 0.4) is 0 Å². The first kappa shape index (κ1) is 16.3. The van der Waals surface area contributed by atoms with Gasteiger partial charge in [0.2, 0.25) is 0 Å². The van der Waals surface area contributed by atoms with E-state index in [1.54, 1.807) is 24.3 Å². The van der Waals surface area contributed by atoms with Gasteiger partial charge in [0.05, 0.1) is 10.6 Å². The molecule has 0 unspecified atom stereocenters. The van der Waals surface area contributed by atoms with Crippen LogP contribution in [0.1, 0.15) is 12.0 Å². The molecule has 0 bridgehead atoms. The van der Waals surface area contributed by atoms with Crippen molar-refractivity contribution >= 4 is 38.3 Å². The lowest BCUT2D eigenvalue weighted by molar-refractivity contribution is 0.601. The van der Waals surface area contributed by atoms with Crippen LogP contribution < -0.4 is 10.5 Å². The molecule has 3 N–H and O–H groups in total. The minimum Gasteiger partial charge on any atom is -0.330 e. The summed E-state index contributed by atoms with van der Waals surface area (Å²) in [5.74, 6) is 0. The standard InChI is InChI=1S/C15H17IN2O2S/c16-14-5-1-2-6-15(14)18-21(19,20)13-9-7-12(8-10-13)4-3-11-17/h1-2,5-10,18H,3-4,11,17H2. The van der Waals surface area contributed by atoms with Crippen LogP contribution in [-0.4, -0.2) is 15.0 Å². The highest BCUT2D eigenvalue weighted by Gasteiger charge is 2.15. The van der Waals surface area contributed by atoms with Gasteiger partial charge < -0.3 is 5.73 Å². The maximum absolute atomic E-state index is 12.3. The second-order valence-corrected chi connectivity index (χ2v) is 7.47. The number of hydrogen-bond donors (Lipinski definition) is 2. The summed E-state index contributed by atoms with van der Waals surface area (Å²) in [4.78, 5) is 0.263. The van der Waals surface area contributed by atoms with E-state index in [0.29, 0.717) is 12.2 Å². The topological polar surface area (TPSA) is 72.2 Å². The van der Waals surface area contributed by atoms with Crippen molar-refractivity contribution in [2.45, 2.75) is 17.7 Å². The Labute approximate surface area is 138 Å². The van der Waals surface area contributed by atoms with Gasteiger partial charge in [-0.2, -0.15) is 0 Å². The summed E-state index contributed by atoms with van der Waals surface area (Å²) in [5.41, 5.74) is 7.15. The molecule has 2 aromatic carbocycles. The number of sulfonamides is 1. The first-order valence-corrected chi connectivity index (χ1v) is 9.15. The first-order valence-electron chi connectivity index (χ1n) is 6.59. The van der Waals surface area contributed by atoms with Crippen molar-refractivity contribution in [2.24, 2.45) is 5.73 Å². The summed E-state index contributed by atoms with van der Waals surface area (Å²) >= 11 is 2.10. The number of rotatable bonds is 6. The summed E-state index contributed by atoms with van der Waals surface area (Å²) in [7, 11) is -3.55. The highest BCUT2D eigenvalue weighted by Crippen LogP contribution is 2.21. The molecule has 0 radical (unpaired) electrons. The second kappa shape index (κ2) is 7.24. The van der Waals surface area contributed by atoms with Crippen LogP contribution in [0.5, 0.6) is 0 Å². The van der Waals surface area contributed by atoms with Gasteiger partial charge in [0.25, 0.3) is 10.0 Å². The normalized spacial score (nSPS) is 11.3. The molecule has 0 heterocycles. The average Bonchev–Trinajstić information content (AvgIpc) is 2.48. The molecule has 0 saturated carbocycles. The van der Waals surface area contributed by atoms with Gasteiger partial charge in [-0.15, -0.1) is 0 Å². The molecule has 0 amide bonds. The molecule has 112 valence electrons. The quantitative estimate of drug-likeness (QED) is 0.712. The fraction of sp³-hybridized carbons (Fsp3) is 0.200. The van der Waals surface area contributed by atoms with Crippen LogP contribution >= 0.6 is 22.6 Å². The number of halogens is 1. The van der Waals surface area contributed by atoms with Crippen molar-refractivity contribution in [3.8, 4) is 0 Å². The zero-order valence-electron chi connectivity index (χ0n) is 11.4. The molecule has 4 nitrogen and oxygen atoms in total. The van der Waals surface area contributed by atoms with Gasteiger partial charge in [0.15, 0.2) is 0 Å². The van der Waals surface area contributed by atoms with Crippen LogP contribution in [0.2, 0.25) is 0 Å². The van der Waals surface area contributed by atoms with Gasteiger partial charge in [-0.3, -0.25) is 4.72 Å². The molecular weight excluding hydrogens is 399 g/mol. The van der Waals surface area contributed by atoms with E-state index in [1.807, 2.05) is 24.3 Å². The van der Waals surface area contributed by atoms with E-state index < -0.39 is 10.0 Å². The number of hydrogen-bond acceptors (Lipinski definition) is 3. The molecule has 0 aliphatic carbocycles. The lowest BCUT2D eigenvalue weighted by Gasteiger charge is -2.10. The van der Waals surface area contributed by atoms with E-state index in [9.17, 15) is 8.42 Å². The van der Waals surface area contributed by atoms with Crippen LogP contribution in [-0.2, 0) is 16.4 Å². The highest BCUT2D eigenvalue weighted by atomic mass is 127. The Hall–Kier alpha value is -1.12. The van der Waals surface area contributed by atoms with Gasteiger partial charge in [0, 0.05) is 3.57 Å². The van der Waals surface area contributed by atoms with E-state index in [0.717, 1.165) is 22.0 Å². The van der Waals surface area contributed by atoms with Crippen LogP contribution in [0.15, 0.2) is 53.4 Å². The van der Waals surface area contributed by atoms with Gasteiger partial charge >= 0.3 is 0 Å². The van der Waals surface area contributed by atoms with Crippen LogP contribution in [0, 0.1) is 3.57 Å². The van der Waals surface area contributed by atoms with E-state index in [-0.39, 0.29) is 4.90 Å². The molecule has 6 heteroatoms. The average molecular weight is 416 g/mol. The van der Waals surface area contributed by atoms with Crippen molar-refractivity contribution in [1.82, 2.24) is 0 Å². The second-order valence-electron chi connectivity index (χ2n) is 4.62. The van der Waals surface area contributed by atoms with E-state index in [2.05, 4.69) is 27.3 Å². The zero-order valence-corrected chi connectivity index (χ0v) is 14.4. The molecule has 0 aliphatic rings. The van der Waals surface area contributed by atoms with Gasteiger partial charge in [-0.1, -0.05) is 24.3 Å². The van der Waals surface area contributed by atoms with Crippen molar-refractivity contribution in [3.05, 3.63) is 57.7 Å². The summed E-state index contributed by atoms with van der Waals surface area (Å²) in [5, 5.41) is 0. The maximum Gasteiger partial charge on any atom is 0.261 e. The minimum atomic E-state index is -3.55. The number of nitrogens with two attached hydrogens (primary N) is 1. The van der Waals surface area contributed by atoms with Crippen LogP contribution in [0.25, 0.3) is 0 Å². The summed E-state index contributed by atoms with van der Waals surface area (Å²) in [6.45, 7) is 0.633. The first-order chi connectivity index (χ1) is 10.0. The Morgan fingerprint density at radius 3 is 2.33 bits per heavy atom. The largest absolute Gasteiger partial charge is 0.330 e. The number of aryl methyl sites for hydroxylation is 1. The Morgan fingerprint density at radius 2 is 1.71 bits per heavy atom. The van der Waals surface area contributed by atoms with Gasteiger partial charge in [-0.05, 0) is 71.8 Å². The lowest BCUT2D eigenvalue weighted by Crippen LogP contribution is -2.13. The Balaban J connectivity index is 2.18. The highest BCUT2D eigenvalue weighted by molar-refractivity contribution is 14.1. The number of anilines is 1. The fourth-order valence-corrected chi connectivity index (χ4v) is 3.67. The van der Waals surface area contributed by atoms with E-state index in [1.165, 1.54) is 0 Å². The van der Waals surface area contributed by atoms with Crippen LogP contribution in [0.4, 0.5) is 5.69 Å². The summed E-state index contributed by atoms with van der Waals surface area (Å²) in [6, 6.07) is 14.2. The lowest BCUT2D eigenvalue weighted by atomic mass is 10.1.